The molecule has 1 fully saturated rings. The zero-order chi connectivity index (χ0) is 12.5. The highest BCUT2D eigenvalue weighted by atomic mass is 16.6. The minimum absolute atomic E-state index is 0.159. The van der Waals surface area contributed by atoms with Crippen LogP contribution in [0, 0.1) is 5.92 Å². The summed E-state index contributed by atoms with van der Waals surface area (Å²) in [6.45, 7) is 6.77. The number of ether oxygens (including phenoxy) is 2. The first-order chi connectivity index (χ1) is 8.26. The number of carbonyl (C=O) groups is 1. The Kier molecular flexibility index (Phi) is 7.21. The van der Waals surface area contributed by atoms with Crippen molar-refractivity contribution in [1.29, 1.82) is 0 Å². The molecule has 4 heteroatoms. The molecule has 0 saturated carbocycles. The lowest BCUT2D eigenvalue weighted by molar-refractivity contribution is -0.143. The maximum Gasteiger partial charge on any atom is 0.320 e. The quantitative estimate of drug-likeness (QED) is 0.469. The van der Waals surface area contributed by atoms with Crippen molar-refractivity contribution in [3.8, 4) is 0 Å². The summed E-state index contributed by atoms with van der Waals surface area (Å²) in [5, 5.41) is 3.17. The van der Waals surface area contributed by atoms with Crippen LogP contribution in [-0.2, 0) is 14.3 Å². The molecule has 2 unspecified atom stereocenters. The minimum Gasteiger partial charge on any atom is -0.462 e. The second kappa shape index (κ2) is 8.48. The van der Waals surface area contributed by atoms with Crippen LogP contribution < -0.4 is 5.32 Å². The van der Waals surface area contributed by atoms with Crippen LogP contribution >= 0.6 is 0 Å². The van der Waals surface area contributed by atoms with Gasteiger partial charge in [0.1, 0.15) is 12.7 Å². The molecule has 2 atom stereocenters. The second-order valence-corrected chi connectivity index (χ2v) is 4.69. The summed E-state index contributed by atoms with van der Waals surface area (Å²) in [6.07, 6.45) is 5.07. The largest absolute Gasteiger partial charge is 0.462 e. The summed E-state index contributed by atoms with van der Waals surface area (Å²) < 4.78 is 10.0. The van der Waals surface area contributed by atoms with Crippen molar-refractivity contribution < 1.29 is 14.3 Å². The third kappa shape index (κ3) is 7.34. The summed E-state index contributed by atoms with van der Waals surface area (Å²) in [7, 11) is 0. The monoisotopic (exact) mass is 243 g/mol. The average molecular weight is 243 g/mol. The van der Waals surface area contributed by atoms with E-state index in [1.54, 1.807) is 0 Å². The van der Waals surface area contributed by atoms with Crippen LogP contribution in [0.4, 0.5) is 0 Å². The summed E-state index contributed by atoms with van der Waals surface area (Å²) in [5.74, 6) is 0.500. The lowest BCUT2D eigenvalue weighted by Gasteiger charge is -2.14. The van der Waals surface area contributed by atoms with Crippen LogP contribution in [0.15, 0.2) is 0 Å². The van der Waals surface area contributed by atoms with Crippen LogP contribution in [0.2, 0.25) is 0 Å². The lowest BCUT2D eigenvalue weighted by atomic mass is 9.99. The summed E-state index contributed by atoms with van der Waals surface area (Å²) in [6, 6.07) is 0. The number of esters is 1. The van der Waals surface area contributed by atoms with E-state index in [2.05, 4.69) is 19.2 Å². The van der Waals surface area contributed by atoms with E-state index in [1.165, 1.54) is 19.3 Å². The van der Waals surface area contributed by atoms with E-state index >= 15 is 0 Å². The van der Waals surface area contributed by atoms with E-state index in [-0.39, 0.29) is 12.1 Å². The SMILES string of the molecule is CCCCC(CC)CNCC(=O)OCC1CO1. The van der Waals surface area contributed by atoms with Crippen molar-refractivity contribution >= 4 is 5.97 Å². The van der Waals surface area contributed by atoms with Crippen molar-refractivity contribution in [2.24, 2.45) is 5.92 Å². The van der Waals surface area contributed by atoms with Gasteiger partial charge < -0.3 is 14.8 Å². The molecule has 0 aromatic rings. The zero-order valence-electron chi connectivity index (χ0n) is 11.0. The van der Waals surface area contributed by atoms with Gasteiger partial charge in [-0.2, -0.15) is 0 Å². The Morgan fingerprint density at radius 2 is 2.29 bits per heavy atom. The van der Waals surface area contributed by atoms with Crippen LogP contribution in [0.3, 0.4) is 0 Å². The molecule has 1 heterocycles. The minimum atomic E-state index is -0.175. The Hall–Kier alpha value is -0.610. The van der Waals surface area contributed by atoms with Gasteiger partial charge in [0, 0.05) is 0 Å². The number of carbonyl (C=O) groups excluding carboxylic acids is 1. The Morgan fingerprint density at radius 1 is 1.53 bits per heavy atom. The van der Waals surface area contributed by atoms with Gasteiger partial charge in [0.2, 0.25) is 0 Å². The van der Waals surface area contributed by atoms with Crippen molar-refractivity contribution in [1.82, 2.24) is 5.32 Å². The Bertz CT molecular complexity index is 217. The molecule has 1 aliphatic heterocycles. The molecule has 0 spiro atoms. The smallest absolute Gasteiger partial charge is 0.320 e. The zero-order valence-corrected chi connectivity index (χ0v) is 11.0. The van der Waals surface area contributed by atoms with E-state index in [9.17, 15) is 4.79 Å². The van der Waals surface area contributed by atoms with Crippen molar-refractivity contribution in [3.05, 3.63) is 0 Å². The molecule has 0 aromatic carbocycles. The maximum absolute atomic E-state index is 11.3. The standard InChI is InChI=1S/C13H25NO3/c1-3-5-6-11(4-2)7-14-8-13(15)17-10-12-9-16-12/h11-12,14H,3-10H2,1-2H3. The molecule has 0 aromatic heterocycles. The molecular weight excluding hydrogens is 218 g/mol. The fraction of sp³-hybridized carbons (Fsp3) is 0.923. The lowest BCUT2D eigenvalue weighted by Crippen LogP contribution is -2.30. The molecule has 0 amide bonds. The summed E-state index contributed by atoms with van der Waals surface area (Å²) in [5.41, 5.74) is 0. The molecule has 0 aliphatic carbocycles. The Labute approximate surface area is 104 Å². The van der Waals surface area contributed by atoms with Gasteiger partial charge in [0.25, 0.3) is 0 Å². The van der Waals surface area contributed by atoms with E-state index in [0.29, 0.717) is 19.1 Å². The van der Waals surface area contributed by atoms with Crippen molar-refractivity contribution in [3.63, 3.8) is 0 Å². The summed E-state index contributed by atoms with van der Waals surface area (Å²) in [4.78, 5) is 11.3. The van der Waals surface area contributed by atoms with E-state index in [1.807, 2.05) is 0 Å². The van der Waals surface area contributed by atoms with Gasteiger partial charge >= 0.3 is 5.97 Å². The van der Waals surface area contributed by atoms with Gasteiger partial charge in [-0.1, -0.05) is 33.1 Å². The molecule has 0 bridgehead atoms. The average Bonchev–Trinajstić information content (AvgIpc) is 3.15. The van der Waals surface area contributed by atoms with Gasteiger partial charge in [-0.15, -0.1) is 0 Å². The highest BCUT2D eigenvalue weighted by Gasteiger charge is 2.24. The predicted molar refractivity (Wildman–Crippen MR) is 66.9 cm³/mol. The van der Waals surface area contributed by atoms with Gasteiger partial charge in [0.15, 0.2) is 0 Å². The second-order valence-electron chi connectivity index (χ2n) is 4.69. The van der Waals surface area contributed by atoms with Gasteiger partial charge in [-0.3, -0.25) is 4.79 Å². The molecule has 4 nitrogen and oxygen atoms in total. The van der Waals surface area contributed by atoms with E-state index < -0.39 is 0 Å². The van der Waals surface area contributed by atoms with Gasteiger partial charge in [-0.05, 0) is 18.9 Å². The van der Waals surface area contributed by atoms with Crippen LogP contribution in [0.5, 0.6) is 0 Å². The molecule has 1 aliphatic rings. The van der Waals surface area contributed by atoms with Crippen LogP contribution in [0.1, 0.15) is 39.5 Å². The first-order valence-electron chi connectivity index (χ1n) is 6.74. The van der Waals surface area contributed by atoms with Gasteiger partial charge in [0.05, 0.1) is 13.2 Å². The number of hydrogen-bond donors (Lipinski definition) is 1. The highest BCUT2D eigenvalue weighted by Crippen LogP contribution is 2.11. The maximum atomic E-state index is 11.3. The summed E-state index contributed by atoms with van der Waals surface area (Å²) >= 11 is 0. The molecule has 1 saturated heterocycles. The molecule has 0 radical (unpaired) electrons. The van der Waals surface area contributed by atoms with E-state index in [0.717, 1.165) is 19.6 Å². The molecule has 1 N–H and O–H groups in total. The molecule has 17 heavy (non-hydrogen) atoms. The number of rotatable bonds is 10. The van der Waals surface area contributed by atoms with Crippen LogP contribution in [-0.4, -0.2) is 38.4 Å². The molecule has 1 rings (SSSR count). The third-order valence-electron chi connectivity index (χ3n) is 3.08. The number of nitrogens with one attached hydrogen (secondary N) is 1. The fourth-order valence-corrected chi connectivity index (χ4v) is 1.72. The first-order valence-corrected chi connectivity index (χ1v) is 6.74. The number of epoxide rings is 1. The highest BCUT2D eigenvalue weighted by molar-refractivity contribution is 5.71. The Balaban J connectivity index is 1.97. The molecule has 100 valence electrons. The number of unbranched alkanes of at least 4 members (excludes halogenated alkanes) is 1. The Morgan fingerprint density at radius 3 is 2.88 bits per heavy atom. The first kappa shape index (κ1) is 14.5. The predicted octanol–water partition coefficient (Wildman–Crippen LogP) is 1.73. The fourth-order valence-electron chi connectivity index (χ4n) is 1.72. The topological polar surface area (TPSA) is 50.9 Å². The third-order valence-corrected chi connectivity index (χ3v) is 3.08. The number of hydrogen-bond acceptors (Lipinski definition) is 4. The normalized spacial score (nSPS) is 20.0. The molecular formula is C13H25NO3. The van der Waals surface area contributed by atoms with Crippen molar-refractivity contribution in [2.45, 2.75) is 45.6 Å². The van der Waals surface area contributed by atoms with Crippen LogP contribution in [0.25, 0.3) is 0 Å². The van der Waals surface area contributed by atoms with Gasteiger partial charge in [-0.25, -0.2) is 0 Å². The van der Waals surface area contributed by atoms with E-state index in [4.69, 9.17) is 9.47 Å². The van der Waals surface area contributed by atoms with Crippen molar-refractivity contribution in [2.75, 3.05) is 26.3 Å².